The number of amides is 1. The van der Waals surface area contributed by atoms with Gasteiger partial charge in [0.1, 0.15) is 11.4 Å². The van der Waals surface area contributed by atoms with Crippen molar-refractivity contribution in [1.82, 2.24) is 4.90 Å². The molecule has 1 aromatic heterocycles. The first kappa shape index (κ1) is 14.0. The van der Waals surface area contributed by atoms with E-state index in [1.807, 2.05) is 0 Å². The Hall–Kier alpha value is -1.95. The number of aliphatic carboxylic acids is 1. The molecule has 1 unspecified atom stereocenters. The predicted molar refractivity (Wildman–Crippen MR) is 78.1 cm³/mol. The van der Waals surface area contributed by atoms with Gasteiger partial charge in [-0.25, -0.2) is 9.18 Å². The van der Waals surface area contributed by atoms with Gasteiger partial charge in [-0.3, -0.25) is 4.79 Å². The number of carbonyl (C=O) groups is 2. The first-order valence-electron chi connectivity index (χ1n) is 6.67. The average Bonchev–Trinajstić information content (AvgIpc) is 3.03. The largest absolute Gasteiger partial charge is 0.480 e. The van der Waals surface area contributed by atoms with Gasteiger partial charge in [0.05, 0.1) is 4.88 Å². The Morgan fingerprint density at radius 2 is 2.19 bits per heavy atom. The van der Waals surface area contributed by atoms with E-state index in [0.29, 0.717) is 34.3 Å². The fraction of sp³-hybridized carbons (Fsp3) is 0.333. The average molecular weight is 307 g/mol. The van der Waals surface area contributed by atoms with Gasteiger partial charge in [-0.05, 0) is 38.0 Å². The van der Waals surface area contributed by atoms with Crippen LogP contribution in [0.2, 0.25) is 0 Å². The van der Waals surface area contributed by atoms with E-state index in [1.54, 1.807) is 19.1 Å². The summed E-state index contributed by atoms with van der Waals surface area (Å²) in [5.41, 5.74) is -1.17. The summed E-state index contributed by atoms with van der Waals surface area (Å²) in [4.78, 5) is 25.8. The van der Waals surface area contributed by atoms with Gasteiger partial charge >= 0.3 is 5.97 Å². The van der Waals surface area contributed by atoms with Crippen LogP contribution in [-0.2, 0) is 4.79 Å². The molecule has 0 spiro atoms. The number of carbonyl (C=O) groups excluding carboxylic acids is 1. The van der Waals surface area contributed by atoms with E-state index < -0.39 is 11.5 Å². The van der Waals surface area contributed by atoms with Crippen molar-refractivity contribution in [2.24, 2.45) is 0 Å². The molecule has 1 atom stereocenters. The van der Waals surface area contributed by atoms with Crippen LogP contribution >= 0.6 is 11.3 Å². The Kier molecular flexibility index (Phi) is 3.20. The lowest BCUT2D eigenvalue weighted by atomic mass is 9.99. The summed E-state index contributed by atoms with van der Waals surface area (Å²) < 4.78 is 14.4. The number of halogens is 1. The molecule has 3 rings (SSSR count). The van der Waals surface area contributed by atoms with Crippen LogP contribution in [0.5, 0.6) is 0 Å². The minimum atomic E-state index is -1.17. The number of carboxylic acid groups (broad SMARTS) is 1. The Morgan fingerprint density at radius 3 is 2.86 bits per heavy atom. The normalized spacial score (nSPS) is 21.9. The summed E-state index contributed by atoms with van der Waals surface area (Å²) in [6, 6.07) is 6.21. The lowest BCUT2D eigenvalue weighted by molar-refractivity contribution is -0.147. The summed E-state index contributed by atoms with van der Waals surface area (Å²) in [7, 11) is 0. The number of hydrogen-bond acceptors (Lipinski definition) is 3. The molecule has 110 valence electrons. The Bertz CT molecular complexity index is 742. The van der Waals surface area contributed by atoms with E-state index in [0.717, 1.165) is 0 Å². The van der Waals surface area contributed by atoms with Crippen LogP contribution in [0.3, 0.4) is 0 Å². The van der Waals surface area contributed by atoms with E-state index in [-0.39, 0.29) is 11.7 Å². The molecule has 1 saturated heterocycles. The second-order valence-corrected chi connectivity index (χ2v) is 6.49. The molecular weight excluding hydrogens is 293 g/mol. The number of benzene rings is 1. The Balaban J connectivity index is 2.01. The Labute approximate surface area is 124 Å². The first-order valence-corrected chi connectivity index (χ1v) is 7.48. The lowest BCUT2D eigenvalue weighted by Gasteiger charge is -2.30. The highest BCUT2D eigenvalue weighted by molar-refractivity contribution is 7.20. The quantitative estimate of drug-likeness (QED) is 0.927. The van der Waals surface area contributed by atoms with Crippen LogP contribution in [-0.4, -0.2) is 34.0 Å². The van der Waals surface area contributed by atoms with Gasteiger partial charge in [-0.1, -0.05) is 6.07 Å². The molecule has 2 heterocycles. The molecule has 21 heavy (non-hydrogen) atoms. The van der Waals surface area contributed by atoms with Crippen molar-refractivity contribution in [3.05, 3.63) is 35.0 Å². The van der Waals surface area contributed by atoms with E-state index in [1.165, 1.54) is 28.4 Å². The van der Waals surface area contributed by atoms with Crippen molar-refractivity contribution in [3.8, 4) is 0 Å². The molecule has 1 aliphatic heterocycles. The van der Waals surface area contributed by atoms with Gasteiger partial charge in [-0.2, -0.15) is 0 Å². The standard InChI is InChI=1S/C15H14FNO3S/c1-15(14(19)20)6-3-7-17(15)13(18)12-8-9-10(16)4-2-5-11(9)21-12/h2,4-5,8H,3,6-7H2,1H3,(H,19,20). The van der Waals surface area contributed by atoms with Crippen LogP contribution in [0.15, 0.2) is 24.3 Å². The maximum atomic E-state index is 13.7. The number of carboxylic acids is 1. The number of likely N-dealkylation sites (tertiary alicyclic amines) is 1. The fourth-order valence-corrected chi connectivity index (χ4v) is 3.80. The summed E-state index contributed by atoms with van der Waals surface area (Å²) in [6.45, 7) is 1.98. The van der Waals surface area contributed by atoms with Crippen molar-refractivity contribution < 1.29 is 19.1 Å². The molecular formula is C15H14FNO3S. The minimum Gasteiger partial charge on any atom is -0.480 e. The zero-order valence-electron chi connectivity index (χ0n) is 11.4. The second-order valence-electron chi connectivity index (χ2n) is 5.40. The molecule has 1 aliphatic rings. The zero-order chi connectivity index (χ0) is 15.2. The highest BCUT2D eigenvalue weighted by Gasteiger charge is 2.46. The number of nitrogens with zero attached hydrogens (tertiary/aromatic N) is 1. The Morgan fingerprint density at radius 1 is 1.43 bits per heavy atom. The molecule has 6 heteroatoms. The van der Waals surface area contributed by atoms with E-state index in [4.69, 9.17) is 0 Å². The molecule has 1 aromatic carbocycles. The van der Waals surface area contributed by atoms with Gasteiger partial charge < -0.3 is 10.0 Å². The monoisotopic (exact) mass is 307 g/mol. The van der Waals surface area contributed by atoms with Crippen LogP contribution in [0.1, 0.15) is 29.4 Å². The van der Waals surface area contributed by atoms with Gasteiger partial charge in [-0.15, -0.1) is 11.3 Å². The lowest BCUT2D eigenvalue weighted by Crippen LogP contribution is -2.50. The van der Waals surface area contributed by atoms with Crippen LogP contribution in [0.25, 0.3) is 10.1 Å². The number of hydrogen-bond donors (Lipinski definition) is 1. The molecule has 1 amide bonds. The molecule has 0 aliphatic carbocycles. The molecule has 4 nitrogen and oxygen atoms in total. The highest BCUT2D eigenvalue weighted by atomic mass is 32.1. The predicted octanol–water partition coefficient (Wildman–Crippen LogP) is 3.12. The summed E-state index contributed by atoms with van der Waals surface area (Å²) in [5, 5.41) is 9.78. The fourth-order valence-electron chi connectivity index (χ4n) is 2.77. The van der Waals surface area contributed by atoms with Crippen LogP contribution in [0.4, 0.5) is 4.39 Å². The van der Waals surface area contributed by atoms with E-state index in [2.05, 4.69) is 0 Å². The van der Waals surface area contributed by atoms with Crippen LogP contribution < -0.4 is 0 Å². The van der Waals surface area contributed by atoms with Crippen LogP contribution in [0, 0.1) is 5.82 Å². The van der Waals surface area contributed by atoms with Gasteiger partial charge in [0.2, 0.25) is 0 Å². The molecule has 0 saturated carbocycles. The van der Waals surface area contributed by atoms with Gasteiger partial charge in [0.15, 0.2) is 0 Å². The molecule has 1 fully saturated rings. The maximum Gasteiger partial charge on any atom is 0.329 e. The third-order valence-corrected chi connectivity index (χ3v) is 5.15. The second kappa shape index (κ2) is 4.80. The number of thiophene rings is 1. The smallest absolute Gasteiger partial charge is 0.329 e. The van der Waals surface area contributed by atoms with Crippen molar-refractivity contribution >= 4 is 33.3 Å². The van der Waals surface area contributed by atoms with Crippen molar-refractivity contribution in [1.29, 1.82) is 0 Å². The summed E-state index contributed by atoms with van der Waals surface area (Å²) in [6.07, 6.45) is 1.10. The molecule has 0 bridgehead atoms. The summed E-state index contributed by atoms with van der Waals surface area (Å²) in [5.74, 6) is -1.70. The topological polar surface area (TPSA) is 57.6 Å². The molecule has 0 radical (unpaired) electrons. The number of fused-ring (bicyclic) bond motifs is 1. The van der Waals surface area contributed by atoms with E-state index >= 15 is 0 Å². The molecule has 1 N–H and O–H groups in total. The van der Waals surface area contributed by atoms with Crippen molar-refractivity contribution in [2.75, 3.05) is 6.54 Å². The van der Waals surface area contributed by atoms with Crippen molar-refractivity contribution in [2.45, 2.75) is 25.3 Å². The summed E-state index contributed by atoms with van der Waals surface area (Å²) >= 11 is 1.19. The van der Waals surface area contributed by atoms with Gasteiger partial charge in [0, 0.05) is 16.6 Å². The first-order chi connectivity index (χ1) is 9.93. The third kappa shape index (κ3) is 2.10. The highest BCUT2D eigenvalue weighted by Crippen LogP contribution is 2.34. The van der Waals surface area contributed by atoms with Gasteiger partial charge in [0.25, 0.3) is 5.91 Å². The number of rotatable bonds is 2. The van der Waals surface area contributed by atoms with E-state index in [9.17, 15) is 19.1 Å². The molecule has 2 aromatic rings. The minimum absolute atomic E-state index is 0.335. The SMILES string of the molecule is CC1(C(=O)O)CCCN1C(=O)c1cc2c(F)cccc2s1. The van der Waals surface area contributed by atoms with Crippen molar-refractivity contribution in [3.63, 3.8) is 0 Å². The third-order valence-electron chi connectivity index (χ3n) is 4.07. The maximum absolute atomic E-state index is 13.7. The zero-order valence-corrected chi connectivity index (χ0v) is 12.2.